The topological polar surface area (TPSA) is 38.7 Å². The van der Waals surface area contributed by atoms with E-state index in [1.54, 1.807) is 12.0 Å². The second-order valence-corrected chi connectivity index (χ2v) is 3.67. The molecule has 0 atom stereocenters. The molecule has 3 nitrogen and oxygen atoms in total. The van der Waals surface area contributed by atoms with Gasteiger partial charge in [-0.1, -0.05) is 12.1 Å². The molecule has 1 rings (SSSR count). The van der Waals surface area contributed by atoms with E-state index < -0.39 is 0 Å². The van der Waals surface area contributed by atoms with E-state index >= 15 is 0 Å². The normalized spacial score (nSPS) is 9.25. The van der Waals surface area contributed by atoms with Gasteiger partial charge in [-0.2, -0.15) is 0 Å². The molecular formula is C13H15NO2. The second kappa shape index (κ2) is 5.29. The highest BCUT2D eigenvalue weighted by Gasteiger charge is 2.10. The molecule has 0 spiro atoms. The molecule has 0 heterocycles. The number of para-hydroxylation sites is 1. The van der Waals surface area contributed by atoms with Gasteiger partial charge in [0, 0.05) is 5.71 Å². The van der Waals surface area contributed by atoms with E-state index in [4.69, 9.17) is 4.74 Å². The number of carbonyl (C=O) groups excluding carboxylic acids is 1. The SMILES string of the molecule is COC(=C=O)c1cccc(C)c1N=C(C)C. The zero-order chi connectivity index (χ0) is 12.1. The molecule has 0 saturated carbocycles. The van der Waals surface area contributed by atoms with Gasteiger partial charge in [-0.15, -0.1) is 0 Å². The van der Waals surface area contributed by atoms with Crippen molar-refractivity contribution >= 4 is 23.1 Å². The third kappa shape index (κ3) is 2.59. The van der Waals surface area contributed by atoms with Crippen LogP contribution in [0, 0.1) is 6.92 Å². The van der Waals surface area contributed by atoms with Crippen LogP contribution in [-0.2, 0) is 9.53 Å². The molecule has 0 bridgehead atoms. The van der Waals surface area contributed by atoms with Crippen LogP contribution in [0.4, 0.5) is 5.69 Å². The maximum Gasteiger partial charge on any atom is 0.212 e. The first-order valence-corrected chi connectivity index (χ1v) is 5.01. The van der Waals surface area contributed by atoms with Crippen molar-refractivity contribution in [2.24, 2.45) is 4.99 Å². The lowest BCUT2D eigenvalue weighted by Gasteiger charge is -2.08. The fourth-order valence-electron chi connectivity index (χ4n) is 1.42. The van der Waals surface area contributed by atoms with E-state index in [1.807, 2.05) is 32.9 Å². The van der Waals surface area contributed by atoms with Gasteiger partial charge < -0.3 is 4.74 Å². The third-order valence-corrected chi connectivity index (χ3v) is 2.11. The summed E-state index contributed by atoms with van der Waals surface area (Å²) in [5.41, 5.74) is 3.38. The zero-order valence-electron chi connectivity index (χ0n) is 10.00. The van der Waals surface area contributed by atoms with Crippen LogP contribution in [0.2, 0.25) is 0 Å². The minimum absolute atomic E-state index is 0.184. The summed E-state index contributed by atoms with van der Waals surface area (Å²) in [5, 5.41) is 0. The molecule has 0 unspecified atom stereocenters. The van der Waals surface area contributed by atoms with E-state index in [9.17, 15) is 4.79 Å². The highest BCUT2D eigenvalue weighted by molar-refractivity contribution is 5.91. The molecule has 1 aromatic rings. The van der Waals surface area contributed by atoms with Crippen LogP contribution in [0.1, 0.15) is 25.0 Å². The summed E-state index contributed by atoms with van der Waals surface area (Å²) in [6.45, 7) is 5.77. The molecule has 0 fully saturated rings. The van der Waals surface area contributed by atoms with Gasteiger partial charge in [0.15, 0.2) is 5.94 Å². The fraction of sp³-hybridized carbons (Fsp3) is 0.308. The van der Waals surface area contributed by atoms with Crippen LogP contribution in [-0.4, -0.2) is 18.8 Å². The summed E-state index contributed by atoms with van der Waals surface area (Å²) < 4.78 is 4.99. The molecule has 0 aliphatic carbocycles. The average Bonchev–Trinajstić information content (AvgIpc) is 2.24. The number of benzene rings is 1. The highest BCUT2D eigenvalue weighted by Crippen LogP contribution is 2.29. The predicted molar refractivity (Wildman–Crippen MR) is 65.7 cm³/mol. The van der Waals surface area contributed by atoms with Crippen molar-refractivity contribution in [1.82, 2.24) is 0 Å². The number of rotatable bonds is 3. The molecule has 0 N–H and O–H groups in total. The van der Waals surface area contributed by atoms with Crippen LogP contribution in [0.25, 0.3) is 5.76 Å². The predicted octanol–water partition coefficient (Wildman–Crippen LogP) is 2.93. The molecule has 0 saturated heterocycles. The fourth-order valence-corrected chi connectivity index (χ4v) is 1.42. The molecule has 16 heavy (non-hydrogen) atoms. The van der Waals surface area contributed by atoms with Gasteiger partial charge in [0.05, 0.1) is 18.4 Å². The number of nitrogens with zero attached hydrogens (tertiary/aromatic N) is 1. The van der Waals surface area contributed by atoms with E-state index in [1.165, 1.54) is 7.11 Å². The van der Waals surface area contributed by atoms with Crippen LogP contribution < -0.4 is 0 Å². The van der Waals surface area contributed by atoms with Crippen LogP contribution in [0.3, 0.4) is 0 Å². The van der Waals surface area contributed by atoms with Crippen molar-refractivity contribution in [2.45, 2.75) is 20.8 Å². The Morgan fingerprint density at radius 2 is 2.06 bits per heavy atom. The summed E-state index contributed by atoms with van der Waals surface area (Å²) in [6.07, 6.45) is 0. The van der Waals surface area contributed by atoms with E-state index in [2.05, 4.69) is 4.99 Å². The Kier molecular flexibility index (Phi) is 4.03. The van der Waals surface area contributed by atoms with Crippen LogP contribution >= 0.6 is 0 Å². The average molecular weight is 217 g/mol. The lowest BCUT2D eigenvalue weighted by Crippen LogP contribution is -1.92. The third-order valence-electron chi connectivity index (χ3n) is 2.11. The summed E-state index contributed by atoms with van der Waals surface area (Å²) in [6, 6.07) is 5.62. The van der Waals surface area contributed by atoms with E-state index in [0.717, 1.165) is 17.0 Å². The Labute approximate surface area is 95.5 Å². The number of aryl methyl sites for hydroxylation is 1. The minimum atomic E-state index is 0.184. The summed E-state index contributed by atoms with van der Waals surface area (Å²) in [7, 11) is 1.45. The molecular weight excluding hydrogens is 202 g/mol. The second-order valence-electron chi connectivity index (χ2n) is 3.67. The molecule has 0 amide bonds. The van der Waals surface area contributed by atoms with Gasteiger partial charge in [0.2, 0.25) is 5.76 Å². The van der Waals surface area contributed by atoms with Crippen molar-refractivity contribution in [1.29, 1.82) is 0 Å². The first-order valence-electron chi connectivity index (χ1n) is 5.01. The summed E-state index contributed by atoms with van der Waals surface area (Å²) in [5.74, 6) is 1.97. The van der Waals surface area contributed by atoms with Crippen LogP contribution in [0.5, 0.6) is 0 Å². The summed E-state index contributed by atoms with van der Waals surface area (Å²) in [4.78, 5) is 15.2. The van der Waals surface area contributed by atoms with E-state index in [-0.39, 0.29) is 5.76 Å². The van der Waals surface area contributed by atoms with Crippen molar-refractivity contribution in [2.75, 3.05) is 7.11 Å². The van der Waals surface area contributed by atoms with Gasteiger partial charge in [-0.3, -0.25) is 4.99 Å². The lowest BCUT2D eigenvalue weighted by atomic mass is 10.1. The van der Waals surface area contributed by atoms with Gasteiger partial charge in [-0.25, -0.2) is 4.79 Å². The Bertz CT molecular complexity index is 465. The van der Waals surface area contributed by atoms with Crippen molar-refractivity contribution in [3.8, 4) is 0 Å². The Hall–Kier alpha value is -1.86. The smallest absolute Gasteiger partial charge is 0.212 e. The number of hydrogen-bond acceptors (Lipinski definition) is 3. The minimum Gasteiger partial charge on any atom is -0.486 e. The highest BCUT2D eigenvalue weighted by atomic mass is 16.5. The van der Waals surface area contributed by atoms with Gasteiger partial charge in [0.1, 0.15) is 0 Å². The molecule has 1 aromatic carbocycles. The first-order chi connectivity index (χ1) is 7.60. The zero-order valence-corrected chi connectivity index (χ0v) is 10.00. The number of aliphatic imine (C=N–C) groups is 1. The quantitative estimate of drug-likeness (QED) is 0.443. The van der Waals surface area contributed by atoms with Crippen molar-refractivity contribution in [3.63, 3.8) is 0 Å². The molecule has 84 valence electrons. The van der Waals surface area contributed by atoms with Gasteiger partial charge in [-0.05, 0) is 32.4 Å². The Morgan fingerprint density at radius 1 is 1.38 bits per heavy atom. The maximum atomic E-state index is 10.8. The lowest BCUT2D eigenvalue weighted by molar-refractivity contribution is 0.371. The number of ether oxygens (including phenoxy) is 1. The summed E-state index contributed by atoms with van der Waals surface area (Å²) >= 11 is 0. The van der Waals surface area contributed by atoms with Crippen molar-refractivity contribution in [3.05, 3.63) is 29.3 Å². The maximum absolute atomic E-state index is 10.8. The molecule has 0 aliphatic rings. The Balaban J connectivity index is 3.45. The van der Waals surface area contributed by atoms with Crippen LogP contribution in [0.15, 0.2) is 23.2 Å². The monoisotopic (exact) mass is 217 g/mol. The molecule has 0 radical (unpaired) electrons. The van der Waals surface area contributed by atoms with Gasteiger partial charge >= 0.3 is 0 Å². The molecule has 0 aliphatic heterocycles. The molecule has 3 heteroatoms. The molecule has 0 aromatic heterocycles. The van der Waals surface area contributed by atoms with E-state index in [0.29, 0.717) is 5.56 Å². The standard InChI is InChI=1S/C13H15NO2/c1-9(2)14-13-10(3)6-5-7-11(13)12(8-15)16-4/h5-7H,1-4H3. The number of hydrogen-bond donors (Lipinski definition) is 0. The largest absolute Gasteiger partial charge is 0.486 e. The Morgan fingerprint density at radius 3 is 2.56 bits per heavy atom. The van der Waals surface area contributed by atoms with Gasteiger partial charge in [0.25, 0.3) is 0 Å². The number of methoxy groups -OCH3 is 1. The first kappa shape index (κ1) is 12.2. The van der Waals surface area contributed by atoms with Crippen molar-refractivity contribution < 1.29 is 9.53 Å².